The summed E-state index contributed by atoms with van der Waals surface area (Å²) in [5.41, 5.74) is 1.05. The summed E-state index contributed by atoms with van der Waals surface area (Å²) in [6.07, 6.45) is 2.67. The van der Waals surface area contributed by atoms with Gasteiger partial charge in [-0.15, -0.1) is 0 Å². The average Bonchev–Trinajstić information content (AvgIpc) is 2.39. The van der Waals surface area contributed by atoms with Crippen LogP contribution in [-0.2, 0) is 16.1 Å². The van der Waals surface area contributed by atoms with Gasteiger partial charge in [-0.2, -0.15) is 0 Å². The Morgan fingerprint density at radius 2 is 2.00 bits per heavy atom. The van der Waals surface area contributed by atoms with Gasteiger partial charge in [-0.25, -0.2) is 0 Å². The molecule has 0 bridgehead atoms. The van der Waals surface area contributed by atoms with E-state index < -0.39 is 0 Å². The maximum atomic E-state index is 11.9. The molecule has 0 aromatic heterocycles. The van der Waals surface area contributed by atoms with E-state index in [4.69, 9.17) is 4.74 Å². The largest absolute Gasteiger partial charge is 0.466 e. The highest BCUT2D eigenvalue weighted by atomic mass is 16.5. The minimum absolute atomic E-state index is 0.0183. The highest BCUT2D eigenvalue weighted by Gasteiger charge is 2.49. The molecule has 1 fully saturated rings. The van der Waals surface area contributed by atoms with Crippen LogP contribution in [0.1, 0.15) is 38.7 Å². The lowest BCUT2D eigenvalue weighted by atomic mass is 9.64. The zero-order valence-corrected chi connectivity index (χ0v) is 11.8. The minimum atomic E-state index is -0.232. The van der Waals surface area contributed by atoms with Crippen LogP contribution in [-0.4, -0.2) is 18.6 Å². The number of hydrogen-bond donors (Lipinski definition) is 1. The number of benzene rings is 1. The predicted octanol–water partition coefficient (Wildman–Crippen LogP) is 2.90. The molecule has 1 saturated carbocycles. The van der Waals surface area contributed by atoms with Crippen LogP contribution in [0.15, 0.2) is 30.3 Å². The van der Waals surface area contributed by atoms with Gasteiger partial charge in [0, 0.05) is 12.6 Å². The van der Waals surface area contributed by atoms with Crippen LogP contribution in [0.2, 0.25) is 0 Å². The third-order valence-electron chi connectivity index (χ3n) is 4.10. The third kappa shape index (κ3) is 3.16. The van der Waals surface area contributed by atoms with E-state index in [0.29, 0.717) is 12.6 Å². The summed E-state index contributed by atoms with van der Waals surface area (Å²) in [5, 5.41) is 3.51. The monoisotopic (exact) mass is 261 g/mol. The lowest BCUT2D eigenvalue weighted by molar-refractivity contribution is -0.163. The van der Waals surface area contributed by atoms with E-state index in [1.165, 1.54) is 5.56 Å². The van der Waals surface area contributed by atoms with Crippen LogP contribution < -0.4 is 5.32 Å². The second-order valence-corrected chi connectivity index (χ2v) is 5.33. The zero-order valence-electron chi connectivity index (χ0n) is 11.8. The van der Waals surface area contributed by atoms with Crippen molar-refractivity contribution in [3.63, 3.8) is 0 Å². The van der Waals surface area contributed by atoms with Crippen LogP contribution in [0.5, 0.6) is 0 Å². The first kappa shape index (κ1) is 14.1. The van der Waals surface area contributed by atoms with E-state index in [1.807, 2.05) is 25.1 Å². The lowest BCUT2D eigenvalue weighted by Gasteiger charge is -2.45. The molecule has 0 radical (unpaired) electrons. The van der Waals surface area contributed by atoms with Crippen molar-refractivity contribution in [2.24, 2.45) is 5.41 Å². The molecule has 19 heavy (non-hydrogen) atoms. The van der Waals surface area contributed by atoms with Crippen molar-refractivity contribution in [1.29, 1.82) is 0 Å². The van der Waals surface area contributed by atoms with Crippen LogP contribution in [0.25, 0.3) is 0 Å². The molecular formula is C16H23NO2. The molecule has 0 atom stereocenters. The topological polar surface area (TPSA) is 38.3 Å². The Labute approximate surface area is 115 Å². The summed E-state index contributed by atoms with van der Waals surface area (Å²) in [6.45, 7) is 5.28. The predicted molar refractivity (Wildman–Crippen MR) is 75.7 cm³/mol. The molecule has 0 heterocycles. The first-order valence-corrected chi connectivity index (χ1v) is 7.14. The maximum Gasteiger partial charge on any atom is 0.312 e. The highest BCUT2D eigenvalue weighted by Crippen LogP contribution is 2.45. The van der Waals surface area contributed by atoms with Crippen LogP contribution in [0, 0.1) is 5.41 Å². The lowest BCUT2D eigenvalue weighted by Crippen LogP contribution is -2.53. The fourth-order valence-corrected chi connectivity index (χ4v) is 2.77. The van der Waals surface area contributed by atoms with Gasteiger partial charge in [0.15, 0.2) is 0 Å². The van der Waals surface area contributed by atoms with E-state index >= 15 is 0 Å². The van der Waals surface area contributed by atoms with Gasteiger partial charge in [-0.1, -0.05) is 37.3 Å². The molecule has 0 unspecified atom stereocenters. The molecule has 0 spiro atoms. The molecule has 2 rings (SSSR count). The molecule has 3 heteroatoms. The van der Waals surface area contributed by atoms with Crippen LogP contribution >= 0.6 is 0 Å². The van der Waals surface area contributed by atoms with Crippen molar-refractivity contribution in [1.82, 2.24) is 5.32 Å². The molecule has 0 amide bonds. The fourth-order valence-electron chi connectivity index (χ4n) is 2.77. The normalized spacial score (nSPS) is 25.7. The summed E-state index contributed by atoms with van der Waals surface area (Å²) >= 11 is 0. The molecule has 1 aromatic rings. The maximum absolute atomic E-state index is 11.9. The van der Waals surface area contributed by atoms with Gasteiger partial charge >= 0.3 is 5.97 Å². The SMILES string of the molecule is CCOC(=O)C1(CC)CC(NCc2ccccc2)C1. The number of carbonyl (C=O) groups is 1. The average molecular weight is 261 g/mol. The second-order valence-electron chi connectivity index (χ2n) is 5.33. The first-order chi connectivity index (χ1) is 9.20. The van der Waals surface area contributed by atoms with Crippen molar-refractivity contribution >= 4 is 5.97 Å². The standard InChI is InChI=1S/C16H23NO2/c1-3-16(15(18)19-4-2)10-14(11-16)17-12-13-8-6-5-7-9-13/h5-9,14,17H,3-4,10-12H2,1-2H3. The summed E-state index contributed by atoms with van der Waals surface area (Å²) in [6, 6.07) is 10.8. The Balaban J connectivity index is 1.80. The van der Waals surface area contributed by atoms with E-state index in [2.05, 4.69) is 24.4 Å². The molecule has 0 aliphatic heterocycles. The van der Waals surface area contributed by atoms with Crippen molar-refractivity contribution in [2.75, 3.05) is 6.61 Å². The second kappa shape index (κ2) is 6.20. The summed E-state index contributed by atoms with van der Waals surface area (Å²) in [5.74, 6) is -0.0183. The minimum Gasteiger partial charge on any atom is -0.466 e. The van der Waals surface area contributed by atoms with Gasteiger partial charge in [0.1, 0.15) is 0 Å². The van der Waals surface area contributed by atoms with Gasteiger partial charge in [-0.05, 0) is 31.7 Å². The molecular weight excluding hydrogens is 238 g/mol. The summed E-state index contributed by atoms with van der Waals surface area (Å²) in [7, 11) is 0. The Morgan fingerprint density at radius 3 is 2.58 bits per heavy atom. The van der Waals surface area contributed by atoms with Crippen LogP contribution in [0.4, 0.5) is 0 Å². The van der Waals surface area contributed by atoms with Gasteiger partial charge in [0.05, 0.1) is 12.0 Å². The quantitative estimate of drug-likeness (QED) is 0.800. The fraction of sp³-hybridized carbons (Fsp3) is 0.562. The van der Waals surface area contributed by atoms with Gasteiger partial charge < -0.3 is 10.1 Å². The van der Waals surface area contributed by atoms with Crippen molar-refractivity contribution in [2.45, 2.75) is 45.7 Å². The Morgan fingerprint density at radius 1 is 1.32 bits per heavy atom. The van der Waals surface area contributed by atoms with Gasteiger partial charge in [0.25, 0.3) is 0 Å². The Bertz CT molecular complexity index is 410. The number of hydrogen-bond acceptors (Lipinski definition) is 3. The third-order valence-corrected chi connectivity index (χ3v) is 4.10. The van der Waals surface area contributed by atoms with Gasteiger partial charge in [-0.3, -0.25) is 4.79 Å². The molecule has 0 saturated heterocycles. The number of esters is 1. The zero-order chi connectivity index (χ0) is 13.7. The molecule has 1 aromatic carbocycles. The molecule has 1 aliphatic carbocycles. The van der Waals surface area contributed by atoms with E-state index in [0.717, 1.165) is 25.8 Å². The smallest absolute Gasteiger partial charge is 0.312 e. The van der Waals surface area contributed by atoms with Gasteiger partial charge in [0.2, 0.25) is 0 Å². The number of ether oxygens (including phenoxy) is 1. The first-order valence-electron chi connectivity index (χ1n) is 7.14. The molecule has 3 nitrogen and oxygen atoms in total. The Hall–Kier alpha value is -1.35. The summed E-state index contributed by atoms with van der Waals surface area (Å²) in [4.78, 5) is 11.9. The highest BCUT2D eigenvalue weighted by molar-refractivity contribution is 5.78. The van der Waals surface area contributed by atoms with E-state index in [-0.39, 0.29) is 11.4 Å². The molecule has 1 aliphatic rings. The molecule has 1 N–H and O–H groups in total. The van der Waals surface area contributed by atoms with Crippen molar-refractivity contribution < 1.29 is 9.53 Å². The van der Waals surface area contributed by atoms with E-state index in [1.54, 1.807) is 0 Å². The molecule has 104 valence electrons. The van der Waals surface area contributed by atoms with E-state index in [9.17, 15) is 4.79 Å². The van der Waals surface area contributed by atoms with Crippen molar-refractivity contribution in [3.05, 3.63) is 35.9 Å². The Kier molecular flexibility index (Phi) is 4.59. The van der Waals surface area contributed by atoms with Crippen molar-refractivity contribution in [3.8, 4) is 0 Å². The number of carbonyl (C=O) groups excluding carboxylic acids is 1. The van der Waals surface area contributed by atoms with Crippen LogP contribution in [0.3, 0.4) is 0 Å². The number of nitrogens with one attached hydrogen (secondary N) is 1. The summed E-state index contributed by atoms with van der Waals surface area (Å²) < 4.78 is 5.18. The number of rotatable bonds is 6.